The molecule has 0 atom stereocenters. The summed E-state index contributed by atoms with van der Waals surface area (Å²) in [6.07, 6.45) is 7.40. The third-order valence-corrected chi connectivity index (χ3v) is 3.38. The molecule has 0 aromatic heterocycles. The second kappa shape index (κ2) is 6.80. The van der Waals surface area contributed by atoms with Crippen molar-refractivity contribution < 1.29 is 10.2 Å². The minimum atomic E-state index is 0.168. The summed E-state index contributed by atoms with van der Waals surface area (Å²) in [7, 11) is 0. The van der Waals surface area contributed by atoms with Gasteiger partial charge in [0.15, 0.2) is 0 Å². The monoisotopic (exact) mass is 280 g/mol. The predicted octanol–water partition coefficient (Wildman–Crippen LogP) is 4.61. The Morgan fingerprint density at radius 1 is 0.905 bits per heavy atom. The highest BCUT2D eigenvalue weighted by Gasteiger charge is 2.10. The van der Waals surface area contributed by atoms with E-state index in [1.165, 1.54) is 0 Å². The molecule has 0 bridgehead atoms. The molecule has 21 heavy (non-hydrogen) atoms. The van der Waals surface area contributed by atoms with E-state index in [1.54, 1.807) is 12.1 Å². The van der Waals surface area contributed by atoms with E-state index < -0.39 is 0 Å². The molecule has 0 radical (unpaired) electrons. The molecule has 2 nitrogen and oxygen atoms in total. The zero-order valence-corrected chi connectivity index (χ0v) is 12.2. The van der Waals surface area contributed by atoms with E-state index in [0.717, 1.165) is 24.0 Å². The lowest BCUT2D eigenvalue weighted by molar-refractivity contribution is 0.469. The van der Waals surface area contributed by atoms with E-state index in [4.69, 9.17) is 0 Å². The van der Waals surface area contributed by atoms with Crippen molar-refractivity contribution in [2.75, 3.05) is 0 Å². The van der Waals surface area contributed by atoms with Gasteiger partial charge in [-0.1, -0.05) is 30.4 Å². The van der Waals surface area contributed by atoms with Crippen LogP contribution >= 0.6 is 0 Å². The molecule has 0 spiro atoms. The SMILES string of the molecule is C=CCc1ccc(O)c(-c2cc(C/C=C/C)ccc2O)c1. The molecule has 2 aromatic carbocycles. The molecule has 2 N–H and O–H groups in total. The third kappa shape index (κ3) is 3.54. The highest BCUT2D eigenvalue weighted by atomic mass is 16.3. The smallest absolute Gasteiger partial charge is 0.123 e. The Balaban J connectivity index is 2.49. The summed E-state index contributed by atoms with van der Waals surface area (Å²) in [5.74, 6) is 0.339. The molecule has 0 saturated heterocycles. The average molecular weight is 280 g/mol. The van der Waals surface area contributed by atoms with Gasteiger partial charge in [0.05, 0.1) is 0 Å². The fourth-order valence-electron chi connectivity index (χ4n) is 2.27. The number of hydrogen-bond acceptors (Lipinski definition) is 2. The van der Waals surface area contributed by atoms with Crippen molar-refractivity contribution in [2.24, 2.45) is 0 Å². The van der Waals surface area contributed by atoms with E-state index >= 15 is 0 Å². The maximum Gasteiger partial charge on any atom is 0.123 e. The van der Waals surface area contributed by atoms with Crippen molar-refractivity contribution in [1.82, 2.24) is 0 Å². The van der Waals surface area contributed by atoms with Crippen molar-refractivity contribution in [2.45, 2.75) is 19.8 Å². The highest BCUT2D eigenvalue weighted by molar-refractivity contribution is 5.76. The molecular weight excluding hydrogens is 260 g/mol. The fourth-order valence-corrected chi connectivity index (χ4v) is 2.27. The summed E-state index contributed by atoms with van der Waals surface area (Å²) in [6.45, 7) is 5.70. The van der Waals surface area contributed by atoms with Crippen molar-refractivity contribution in [1.29, 1.82) is 0 Å². The molecule has 2 rings (SSSR count). The van der Waals surface area contributed by atoms with Gasteiger partial charge in [-0.05, 0) is 55.2 Å². The topological polar surface area (TPSA) is 40.5 Å². The Morgan fingerprint density at radius 3 is 1.90 bits per heavy atom. The number of aromatic hydroxyl groups is 2. The lowest BCUT2D eigenvalue weighted by Crippen LogP contribution is -1.88. The van der Waals surface area contributed by atoms with E-state index in [9.17, 15) is 10.2 Å². The summed E-state index contributed by atoms with van der Waals surface area (Å²) in [6, 6.07) is 10.9. The minimum Gasteiger partial charge on any atom is -0.507 e. The molecule has 2 aromatic rings. The van der Waals surface area contributed by atoms with E-state index in [-0.39, 0.29) is 11.5 Å². The molecule has 0 aliphatic rings. The van der Waals surface area contributed by atoms with Gasteiger partial charge in [0, 0.05) is 11.1 Å². The Labute approximate surface area is 125 Å². The summed E-state index contributed by atoms with van der Waals surface area (Å²) in [5.41, 5.74) is 3.44. The molecular formula is C19H20O2. The maximum atomic E-state index is 10.1. The Morgan fingerprint density at radius 2 is 1.43 bits per heavy atom. The van der Waals surface area contributed by atoms with Crippen LogP contribution in [0.5, 0.6) is 11.5 Å². The zero-order valence-electron chi connectivity index (χ0n) is 12.2. The van der Waals surface area contributed by atoms with E-state index in [1.807, 2.05) is 43.3 Å². The third-order valence-electron chi connectivity index (χ3n) is 3.38. The van der Waals surface area contributed by atoms with Crippen molar-refractivity contribution in [3.63, 3.8) is 0 Å². The fraction of sp³-hybridized carbons (Fsp3) is 0.158. The zero-order chi connectivity index (χ0) is 15.2. The largest absolute Gasteiger partial charge is 0.507 e. The first-order valence-corrected chi connectivity index (χ1v) is 7.02. The molecule has 0 saturated carbocycles. The van der Waals surface area contributed by atoms with Gasteiger partial charge in [-0.25, -0.2) is 0 Å². The van der Waals surface area contributed by atoms with Gasteiger partial charge >= 0.3 is 0 Å². The van der Waals surface area contributed by atoms with Gasteiger partial charge < -0.3 is 10.2 Å². The van der Waals surface area contributed by atoms with Crippen LogP contribution in [0.1, 0.15) is 18.1 Å². The van der Waals surface area contributed by atoms with Gasteiger partial charge in [-0.3, -0.25) is 0 Å². The predicted molar refractivity (Wildman–Crippen MR) is 87.6 cm³/mol. The first kappa shape index (κ1) is 14.9. The van der Waals surface area contributed by atoms with Crippen LogP contribution in [0, 0.1) is 0 Å². The van der Waals surface area contributed by atoms with Crippen LogP contribution in [-0.4, -0.2) is 10.2 Å². The number of phenols is 2. The number of allylic oxidation sites excluding steroid dienone is 3. The standard InChI is InChI=1S/C19H20O2/c1-3-5-7-15-9-11-19(21)17(13-15)16-12-14(6-4-2)8-10-18(16)20/h3-5,8-13,20-21H,2,6-7H2,1H3/b5-3+. The highest BCUT2D eigenvalue weighted by Crippen LogP contribution is 2.36. The van der Waals surface area contributed by atoms with Crippen molar-refractivity contribution in [3.05, 3.63) is 72.3 Å². The van der Waals surface area contributed by atoms with Crippen molar-refractivity contribution in [3.8, 4) is 22.6 Å². The van der Waals surface area contributed by atoms with E-state index in [0.29, 0.717) is 11.1 Å². The minimum absolute atomic E-state index is 0.168. The van der Waals surface area contributed by atoms with Crippen LogP contribution in [0.15, 0.2) is 61.2 Å². The lowest BCUT2D eigenvalue weighted by Gasteiger charge is -2.10. The van der Waals surface area contributed by atoms with Gasteiger partial charge in [0.2, 0.25) is 0 Å². The Bertz CT molecular complexity index is 669. The molecule has 0 unspecified atom stereocenters. The van der Waals surface area contributed by atoms with E-state index in [2.05, 4.69) is 12.7 Å². The molecule has 0 aliphatic heterocycles. The maximum absolute atomic E-state index is 10.1. The summed E-state index contributed by atoms with van der Waals surface area (Å²) >= 11 is 0. The summed E-state index contributed by atoms with van der Waals surface area (Å²) < 4.78 is 0. The van der Waals surface area contributed by atoms with Gasteiger partial charge in [-0.2, -0.15) is 0 Å². The number of rotatable bonds is 5. The van der Waals surface area contributed by atoms with Crippen LogP contribution in [-0.2, 0) is 12.8 Å². The molecule has 0 heterocycles. The number of benzene rings is 2. The summed E-state index contributed by atoms with van der Waals surface area (Å²) in [4.78, 5) is 0. The average Bonchev–Trinajstić information content (AvgIpc) is 2.49. The first-order valence-electron chi connectivity index (χ1n) is 7.02. The van der Waals surface area contributed by atoms with Crippen LogP contribution in [0.4, 0.5) is 0 Å². The Kier molecular flexibility index (Phi) is 4.83. The molecule has 0 fully saturated rings. The van der Waals surface area contributed by atoms with Gasteiger partial charge in [0.1, 0.15) is 11.5 Å². The Hall–Kier alpha value is -2.48. The van der Waals surface area contributed by atoms with Crippen LogP contribution in [0.2, 0.25) is 0 Å². The quantitative estimate of drug-likeness (QED) is 0.785. The number of hydrogen-bond donors (Lipinski definition) is 2. The molecule has 0 aliphatic carbocycles. The molecule has 0 amide bonds. The second-order valence-electron chi connectivity index (χ2n) is 4.97. The lowest BCUT2D eigenvalue weighted by atomic mass is 9.97. The summed E-state index contributed by atoms with van der Waals surface area (Å²) in [5, 5.41) is 20.2. The van der Waals surface area contributed by atoms with Gasteiger partial charge in [-0.15, -0.1) is 6.58 Å². The molecule has 108 valence electrons. The first-order chi connectivity index (χ1) is 10.2. The van der Waals surface area contributed by atoms with Gasteiger partial charge in [0.25, 0.3) is 0 Å². The molecule has 2 heteroatoms. The number of phenolic OH excluding ortho intramolecular Hbond substituents is 2. The van der Waals surface area contributed by atoms with Crippen LogP contribution in [0.3, 0.4) is 0 Å². The van der Waals surface area contributed by atoms with Crippen LogP contribution in [0.25, 0.3) is 11.1 Å². The normalized spacial score (nSPS) is 10.9. The second-order valence-corrected chi connectivity index (χ2v) is 4.97. The van der Waals surface area contributed by atoms with Crippen molar-refractivity contribution >= 4 is 0 Å². The van der Waals surface area contributed by atoms with Crippen LogP contribution < -0.4 is 0 Å².